The Morgan fingerprint density at radius 2 is 1.52 bits per heavy atom. The molecule has 0 bridgehead atoms. The van der Waals surface area contributed by atoms with Gasteiger partial charge in [0.05, 0.1) is 0 Å². The SMILES string of the molecule is CC(=O)O[C@@H](C(=O)OOC(C)(C)C)[C@@H](OC(C)=O)C(=O)N(CCCl)c1ccc(F)cc1. The van der Waals surface area contributed by atoms with Gasteiger partial charge in [-0.1, -0.05) is 0 Å². The first kappa shape index (κ1) is 26.3. The number of nitrogens with zero attached hydrogens (tertiary/aromatic N) is 1. The van der Waals surface area contributed by atoms with Gasteiger partial charge in [0.2, 0.25) is 12.2 Å². The summed E-state index contributed by atoms with van der Waals surface area (Å²) in [4.78, 5) is 59.7. The second-order valence-electron chi connectivity index (χ2n) is 7.31. The molecule has 172 valence electrons. The third kappa shape index (κ3) is 8.89. The maximum atomic E-state index is 13.3. The standard InChI is InChI=1S/C20H25ClFNO8/c1-12(24)28-16(17(29-13(2)25)19(27)30-31-20(3,4)5)18(26)23(11-10-21)15-8-6-14(22)7-9-15/h6-9,16-17H,10-11H2,1-5H3/t16-,17-/m1/s1. The fourth-order valence-electron chi connectivity index (χ4n) is 2.27. The molecule has 1 aromatic rings. The molecule has 0 unspecified atom stereocenters. The number of carbonyl (C=O) groups is 4. The first-order chi connectivity index (χ1) is 14.4. The number of benzene rings is 1. The molecule has 1 rings (SSSR count). The number of anilines is 1. The van der Waals surface area contributed by atoms with Crippen LogP contribution in [0.4, 0.5) is 10.1 Å². The summed E-state index contributed by atoms with van der Waals surface area (Å²) in [6.45, 7) is 6.69. The van der Waals surface area contributed by atoms with Gasteiger partial charge in [0.25, 0.3) is 5.91 Å². The summed E-state index contributed by atoms with van der Waals surface area (Å²) in [5.74, 6) is -4.65. The van der Waals surface area contributed by atoms with Crippen LogP contribution >= 0.6 is 11.6 Å². The molecule has 0 aromatic heterocycles. The molecule has 31 heavy (non-hydrogen) atoms. The van der Waals surface area contributed by atoms with Crippen molar-refractivity contribution in [1.29, 1.82) is 0 Å². The Morgan fingerprint density at radius 1 is 1.00 bits per heavy atom. The van der Waals surface area contributed by atoms with E-state index < -0.39 is 47.4 Å². The Balaban J connectivity index is 3.33. The number of halogens is 2. The molecule has 0 aliphatic heterocycles. The van der Waals surface area contributed by atoms with E-state index in [2.05, 4.69) is 4.89 Å². The molecule has 1 amide bonds. The molecule has 0 aliphatic carbocycles. The number of hydrogen-bond donors (Lipinski definition) is 0. The van der Waals surface area contributed by atoms with Crippen molar-refractivity contribution in [3.8, 4) is 0 Å². The van der Waals surface area contributed by atoms with Crippen molar-refractivity contribution in [3.05, 3.63) is 30.1 Å². The van der Waals surface area contributed by atoms with Gasteiger partial charge in [-0.3, -0.25) is 19.3 Å². The summed E-state index contributed by atoms with van der Waals surface area (Å²) < 4.78 is 23.2. The Kier molecular flexibility index (Phi) is 9.86. The summed E-state index contributed by atoms with van der Waals surface area (Å²) in [6, 6.07) is 4.82. The minimum absolute atomic E-state index is 0.0360. The predicted molar refractivity (Wildman–Crippen MR) is 108 cm³/mol. The molecular formula is C20H25ClFNO8. The van der Waals surface area contributed by atoms with Crippen molar-refractivity contribution in [2.24, 2.45) is 0 Å². The second kappa shape index (κ2) is 11.6. The van der Waals surface area contributed by atoms with Crippen LogP contribution < -0.4 is 4.90 Å². The highest BCUT2D eigenvalue weighted by Crippen LogP contribution is 2.20. The van der Waals surface area contributed by atoms with Gasteiger partial charge in [-0.15, -0.1) is 11.6 Å². The van der Waals surface area contributed by atoms with Crippen LogP contribution in [-0.2, 0) is 38.4 Å². The third-order valence-electron chi connectivity index (χ3n) is 3.42. The molecule has 11 heteroatoms. The zero-order chi connectivity index (χ0) is 23.8. The van der Waals surface area contributed by atoms with Crippen LogP contribution in [0.25, 0.3) is 0 Å². The number of ether oxygens (including phenoxy) is 2. The number of amides is 1. The predicted octanol–water partition coefficient (Wildman–Crippen LogP) is 2.53. The van der Waals surface area contributed by atoms with E-state index in [9.17, 15) is 23.6 Å². The van der Waals surface area contributed by atoms with Crippen LogP contribution in [-0.4, -0.2) is 54.0 Å². The van der Waals surface area contributed by atoms with E-state index in [0.29, 0.717) is 0 Å². The number of carbonyl (C=O) groups excluding carboxylic acids is 4. The van der Waals surface area contributed by atoms with E-state index in [1.54, 1.807) is 20.8 Å². The smallest absolute Gasteiger partial charge is 0.387 e. The first-order valence-electron chi connectivity index (χ1n) is 9.22. The molecule has 0 aliphatic rings. The van der Waals surface area contributed by atoms with Crippen molar-refractivity contribution in [1.82, 2.24) is 0 Å². The van der Waals surface area contributed by atoms with Gasteiger partial charge in [0.1, 0.15) is 11.4 Å². The van der Waals surface area contributed by atoms with Gasteiger partial charge >= 0.3 is 17.9 Å². The summed E-state index contributed by atoms with van der Waals surface area (Å²) in [5, 5.41) is 0. The summed E-state index contributed by atoms with van der Waals surface area (Å²) in [7, 11) is 0. The number of alkyl halides is 1. The highest BCUT2D eigenvalue weighted by Gasteiger charge is 2.44. The monoisotopic (exact) mass is 461 g/mol. The minimum Gasteiger partial charge on any atom is -0.448 e. The van der Waals surface area contributed by atoms with Gasteiger partial charge in [0.15, 0.2) is 0 Å². The average molecular weight is 462 g/mol. The Hall–Kier alpha value is -2.72. The molecule has 9 nitrogen and oxygen atoms in total. The number of rotatable bonds is 9. The van der Waals surface area contributed by atoms with Crippen LogP contribution in [0.5, 0.6) is 0 Å². The van der Waals surface area contributed by atoms with Crippen LogP contribution in [0.3, 0.4) is 0 Å². The van der Waals surface area contributed by atoms with Crippen LogP contribution in [0.1, 0.15) is 34.6 Å². The van der Waals surface area contributed by atoms with Crippen molar-refractivity contribution in [3.63, 3.8) is 0 Å². The molecule has 0 fully saturated rings. The fraction of sp³-hybridized carbons (Fsp3) is 0.500. The third-order valence-corrected chi connectivity index (χ3v) is 3.59. The van der Waals surface area contributed by atoms with Gasteiger partial charge in [0, 0.05) is 32.0 Å². The maximum absolute atomic E-state index is 13.3. The zero-order valence-electron chi connectivity index (χ0n) is 17.8. The van der Waals surface area contributed by atoms with E-state index >= 15 is 0 Å². The van der Waals surface area contributed by atoms with Gasteiger partial charge < -0.3 is 14.4 Å². The molecule has 0 radical (unpaired) electrons. The Labute approximate surface area is 184 Å². The lowest BCUT2D eigenvalue weighted by atomic mass is 10.1. The minimum atomic E-state index is -1.96. The Morgan fingerprint density at radius 3 is 1.97 bits per heavy atom. The van der Waals surface area contributed by atoms with Crippen LogP contribution in [0, 0.1) is 5.82 Å². The lowest BCUT2D eigenvalue weighted by Gasteiger charge is -2.30. The van der Waals surface area contributed by atoms with Gasteiger partial charge in [-0.05, 0) is 45.0 Å². The topological polar surface area (TPSA) is 108 Å². The molecule has 0 saturated carbocycles. The average Bonchev–Trinajstić information content (AvgIpc) is 2.66. The van der Waals surface area contributed by atoms with Crippen molar-refractivity contribution >= 4 is 41.1 Å². The maximum Gasteiger partial charge on any atom is 0.387 e. The van der Waals surface area contributed by atoms with Crippen molar-refractivity contribution in [2.75, 3.05) is 17.3 Å². The molecule has 2 atom stereocenters. The van der Waals surface area contributed by atoms with E-state index in [1.165, 1.54) is 12.1 Å². The summed E-state index contributed by atoms with van der Waals surface area (Å²) in [6.07, 6.45) is -3.87. The molecular weight excluding hydrogens is 437 g/mol. The molecule has 0 saturated heterocycles. The van der Waals surface area contributed by atoms with Crippen molar-refractivity contribution < 1.29 is 42.8 Å². The molecule has 0 spiro atoms. The largest absolute Gasteiger partial charge is 0.448 e. The van der Waals surface area contributed by atoms with Gasteiger partial charge in [-0.2, -0.15) is 4.89 Å². The number of hydrogen-bond acceptors (Lipinski definition) is 8. The Bertz CT molecular complexity index is 793. The highest BCUT2D eigenvalue weighted by atomic mass is 35.5. The summed E-state index contributed by atoms with van der Waals surface area (Å²) in [5.41, 5.74) is -0.694. The van der Waals surface area contributed by atoms with Crippen molar-refractivity contribution in [2.45, 2.75) is 52.4 Å². The molecule has 0 heterocycles. The summed E-state index contributed by atoms with van der Waals surface area (Å²) >= 11 is 5.79. The van der Waals surface area contributed by atoms with Gasteiger partial charge in [-0.25, -0.2) is 9.18 Å². The van der Waals surface area contributed by atoms with Crippen LogP contribution in [0.2, 0.25) is 0 Å². The fourth-order valence-corrected chi connectivity index (χ4v) is 2.44. The quantitative estimate of drug-likeness (QED) is 0.239. The number of esters is 2. The lowest BCUT2D eigenvalue weighted by molar-refractivity contribution is -0.326. The van der Waals surface area contributed by atoms with E-state index in [0.717, 1.165) is 30.9 Å². The zero-order valence-corrected chi connectivity index (χ0v) is 18.6. The van der Waals surface area contributed by atoms with E-state index in [-0.39, 0.29) is 18.1 Å². The molecule has 0 N–H and O–H groups in total. The lowest BCUT2D eigenvalue weighted by Crippen LogP contribution is -2.52. The molecule has 1 aromatic carbocycles. The first-order valence-corrected chi connectivity index (χ1v) is 9.76. The van der Waals surface area contributed by atoms with E-state index in [1.807, 2.05) is 0 Å². The van der Waals surface area contributed by atoms with Crippen LogP contribution in [0.15, 0.2) is 24.3 Å². The second-order valence-corrected chi connectivity index (χ2v) is 7.69. The highest BCUT2D eigenvalue weighted by molar-refractivity contribution is 6.18. The van der Waals surface area contributed by atoms with E-state index in [4.69, 9.17) is 26.0 Å². The normalized spacial score (nSPS) is 13.0.